The Morgan fingerprint density at radius 3 is 2.52 bits per heavy atom. The highest BCUT2D eigenvalue weighted by atomic mass is 15.4. The number of rotatable bonds is 8. The molecule has 2 rings (SSSR count). The first kappa shape index (κ1) is 20.5. The minimum absolute atomic E-state index is 0.452. The zero-order valence-electron chi connectivity index (χ0n) is 17.6. The van der Waals surface area contributed by atoms with E-state index in [9.17, 15) is 0 Å². The standard InChI is InChI=1S/C24H42N/c1-6-8-12-22(7-2)18-25(19-23-13-10-9-11-14-23)16-15-21(3)17-24(4,5)20-25/h9-11,13-14,21-22H,6-8,12,15-20H2,1-5H3/q+1. The Bertz CT molecular complexity index is 492. The van der Waals surface area contributed by atoms with Crippen molar-refractivity contribution in [1.29, 1.82) is 0 Å². The molecule has 0 aliphatic carbocycles. The average Bonchev–Trinajstić information content (AvgIpc) is 2.67. The number of nitrogens with zero attached hydrogens (tertiary/aromatic N) is 1. The Morgan fingerprint density at radius 2 is 1.88 bits per heavy atom. The topological polar surface area (TPSA) is 0 Å². The van der Waals surface area contributed by atoms with Gasteiger partial charge in [0.1, 0.15) is 6.54 Å². The molecule has 1 aliphatic rings. The molecule has 1 heteroatoms. The predicted octanol–water partition coefficient (Wildman–Crippen LogP) is 6.68. The zero-order chi connectivity index (χ0) is 18.3. The van der Waals surface area contributed by atoms with Crippen LogP contribution in [0.4, 0.5) is 0 Å². The Labute approximate surface area is 157 Å². The second-order valence-electron chi connectivity index (χ2n) is 9.73. The van der Waals surface area contributed by atoms with Crippen LogP contribution in [0.1, 0.15) is 78.7 Å². The van der Waals surface area contributed by atoms with Crippen molar-refractivity contribution in [2.75, 3.05) is 19.6 Å². The molecule has 3 unspecified atom stereocenters. The van der Waals surface area contributed by atoms with Gasteiger partial charge in [0, 0.05) is 16.9 Å². The third-order valence-electron chi connectivity index (χ3n) is 6.31. The lowest BCUT2D eigenvalue weighted by atomic mass is 9.83. The van der Waals surface area contributed by atoms with Crippen LogP contribution in [0.25, 0.3) is 0 Å². The molecule has 142 valence electrons. The van der Waals surface area contributed by atoms with Gasteiger partial charge in [-0.1, -0.05) is 77.8 Å². The summed E-state index contributed by atoms with van der Waals surface area (Å²) in [5.74, 6) is 1.74. The third kappa shape index (κ3) is 6.44. The van der Waals surface area contributed by atoms with Crippen molar-refractivity contribution in [3.8, 4) is 0 Å². The van der Waals surface area contributed by atoms with E-state index >= 15 is 0 Å². The van der Waals surface area contributed by atoms with Gasteiger partial charge in [-0.05, 0) is 31.6 Å². The summed E-state index contributed by atoms with van der Waals surface area (Å²) >= 11 is 0. The Balaban J connectivity index is 2.26. The molecule has 0 radical (unpaired) electrons. The van der Waals surface area contributed by atoms with E-state index < -0.39 is 0 Å². The van der Waals surface area contributed by atoms with Gasteiger partial charge in [-0.2, -0.15) is 0 Å². The molecule has 0 N–H and O–H groups in total. The number of unbranched alkanes of at least 4 members (excludes halogenated alkanes) is 1. The van der Waals surface area contributed by atoms with Gasteiger partial charge in [-0.3, -0.25) is 0 Å². The number of quaternary nitrogens is 1. The summed E-state index contributed by atoms with van der Waals surface area (Å²) < 4.78 is 1.31. The zero-order valence-corrected chi connectivity index (χ0v) is 17.6. The smallest absolute Gasteiger partial charge is 0.104 e. The number of hydrogen-bond donors (Lipinski definition) is 0. The van der Waals surface area contributed by atoms with Gasteiger partial charge in [-0.25, -0.2) is 0 Å². The van der Waals surface area contributed by atoms with Crippen molar-refractivity contribution in [1.82, 2.24) is 0 Å². The predicted molar refractivity (Wildman–Crippen MR) is 110 cm³/mol. The number of hydrogen-bond acceptors (Lipinski definition) is 0. The Kier molecular flexibility index (Phi) is 7.55. The van der Waals surface area contributed by atoms with Gasteiger partial charge in [0.2, 0.25) is 0 Å². The lowest BCUT2D eigenvalue weighted by Gasteiger charge is -2.44. The number of benzene rings is 1. The van der Waals surface area contributed by atoms with E-state index in [4.69, 9.17) is 0 Å². The van der Waals surface area contributed by atoms with Gasteiger partial charge >= 0.3 is 0 Å². The molecule has 1 aromatic carbocycles. The molecular formula is C24H42N+. The first-order valence-electron chi connectivity index (χ1n) is 10.8. The van der Waals surface area contributed by atoms with Crippen molar-refractivity contribution < 1.29 is 4.48 Å². The molecule has 1 heterocycles. The molecule has 3 atom stereocenters. The highest BCUT2D eigenvalue weighted by molar-refractivity contribution is 5.13. The van der Waals surface area contributed by atoms with Gasteiger partial charge in [-0.15, -0.1) is 0 Å². The van der Waals surface area contributed by atoms with Crippen LogP contribution in [0.5, 0.6) is 0 Å². The molecule has 1 fully saturated rings. The van der Waals surface area contributed by atoms with Crippen LogP contribution < -0.4 is 0 Å². The van der Waals surface area contributed by atoms with Crippen LogP contribution in [-0.4, -0.2) is 24.1 Å². The van der Waals surface area contributed by atoms with Crippen LogP contribution in [0.15, 0.2) is 30.3 Å². The van der Waals surface area contributed by atoms with E-state index in [-0.39, 0.29) is 0 Å². The molecule has 0 bridgehead atoms. The molecule has 1 aromatic rings. The molecule has 1 saturated heterocycles. The normalized spacial score (nSPS) is 27.6. The van der Waals surface area contributed by atoms with E-state index in [0.717, 1.165) is 11.8 Å². The second kappa shape index (κ2) is 9.21. The summed E-state index contributed by atoms with van der Waals surface area (Å²) in [6.07, 6.45) is 8.25. The van der Waals surface area contributed by atoms with Crippen LogP contribution in [0.3, 0.4) is 0 Å². The Hall–Kier alpha value is -0.820. The van der Waals surface area contributed by atoms with Crippen molar-refractivity contribution in [2.24, 2.45) is 17.3 Å². The molecule has 1 nitrogen and oxygen atoms in total. The van der Waals surface area contributed by atoms with Crippen molar-refractivity contribution in [3.63, 3.8) is 0 Å². The van der Waals surface area contributed by atoms with Crippen LogP contribution in [-0.2, 0) is 6.54 Å². The first-order chi connectivity index (χ1) is 11.9. The first-order valence-corrected chi connectivity index (χ1v) is 10.8. The van der Waals surface area contributed by atoms with Gasteiger partial charge in [0.15, 0.2) is 0 Å². The molecule has 25 heavy (non-hydrogen) atoms. The average molecular weight is 345 g/mol. The lowest BCUT2D eigenvalue weighted by molar-refractivity contribution is -0.948. The highest BCUT2D eigenvalue weighted by Crippen LogP contribution is 2.37. The molecule has 0 saturated carbocycles. The van der Waals surface area contributed by atoms with Crippen LogP contribution in [0, 0.1) is 17.3 Å². The summed E-state index contributed by atoms with van der Waals surface area (Å²) in [5.41, 5.74) is 1.98. The van der Waals surface area contributed by atoms with E-state index in [1.807, 2.05) is 0 Å². The van der Waals surface area contributed by atoms with Crippen molar-refractivity contribution in [2.45, 2.75) is 79.7 Å². The van der Waals surface area contributed by atoms with Gasteiger partial charge < -0.3 is 4.48 Å². The minimum atomic E-state index is 0.452. The molecule has 0 aromatic heterocycles. The summed E-state index contributed by atoms with van der Waals surface area (Å²) in [7, 11) is 0. The molecule has 0 amide bonds. The van der Waals surface area contributed by atoms with E-state index in [0.29, 0.717) is 5.41 Å². The fraction of sp³-hybridized carbons (Fsp3) is 0.750. The quantitative estimate of drug-likeness (QED) is 0.462. The Morgan fingerprint density at radius 1 is 1.16 bits per heavy atom. The SMILES string of the molecule is CCCCC(CC)C[N+]1(Cc2ccccc2)CCC(C)CC(C)(C)C1. The maximum absolute atomic E-state index is 2.51. The molecule has 0 spiro atoms. The van der Waals surface area contributed by atoms with Gasteiger partial charge in [0.05, 0.1) is 19.6 Å². The fourth-order valence-electron chi connectivity index (χ4n) is 5.38. The van der Waals surface area contributed by atoms with Gasteiger partial charge in [0.25, 0.3) is 0 Å². The summed E-state index contributed by atoms with van der Waals surface area (Å²) in [6.45, 7) is 17.5. The molecule has 1 aliphatic heterocycles. The fourth-order valence-corrected chi connectivity index (χ4v) is 5.38. The van der Waals surface area contributed by atoms with E-state index in [1.165, 1.54) is 74.8 Å². The second-order valence-corrected chi connectivity index (χ2v) is 9.73. The van der Waals surface area contributed by atoms with E-state index in [1.54, 1.807) is 0 Å². The number of likely N-dealkylation sites (tertiary alicyclic amines) is 1. The van der Waals surface area contributed by atoms with Crippen LogP contribution in [0.2, 0.25) is 0 Å². The summed E-state index contributed by atoms with van der Waals surface area (Å²) in [4.78, 5) is 0. The maximum Gasteiger partial charge on any atom is 0.104 e. The monoisotopic (exact) mass is 344 g/mol. The third-order valence-corrected chi connectivity index (χ3v) is 6.31. The minimum Gasteiger partial charge on any atom is -0.319 e. The maximum atomic E-state index is 2.51. The summed E-state index contributed by atoms with van der Waals surface area (Å²) in [6, 6.07) is 11.3. The van der Waals surface area contributed by atoms with Crippen molar-refractivity contribution >= 4 is 0 Å². The van der Waals surface area contributed by atoms with Crippen LogP contribution >= 0.6 is 0 Å². The van der Waals surface area contributed by atoms with Crippen molar-refractivity contribution in [3.05, 3.63) is 35.9 Å². The summed E-state index contributed by atoms with van der Waals surface area (Å²) in [5, 5.41) is 0. The van der Waals surface area contributed by atoms with E-state index in [2.05, 4.69) is 65.0 Å². The largest absolute Gasteiger partial charge is 0.319 e. The lowest BCUT2D eigenvalue weighted by Crippen LogP contribution is -2.54. The molecular weight excluding hydrogens is 302 g/mol. The highest BCUT2D eigenvalue weighted by Gasteiger charge is 2.40.